The summed E-state index contributed by atoms with van der Waals surface area (Å²) in [7, 11) is -1.58. The van der Waals surface area contributed by atoms with Crippen molar-refractivity contribution in [3.63, 3.8) is 0 Å². The molecule has 2 aromatic heterocycles. The fourth-order valence-electron chi connectivity index (χ4n) is 6.84. The van der Waals surface area contributed by atoms with Crippen molar-refractivity contribution < 1.29 is 14.6 Å². The van der Waals surface area contributed by atoms with Crippen LogP contribution in [0, 0.1) is 19.3 Å². The van der Waals surface area contributed by atoms with Crippen LogP contribution in [-0.4, -0.2) is 69.7 Å². The Morgan fingerprint density at radius 2 is 1.78 bits per heavy atom. The van der Waals surface area contributed by atoms with Gasteiger partial charge in [0, 0.05) is 55.2 Å². The van der Waals surface area contributed by atoms with Crippen LogP contribution < -0.4 is 10.2 Å². The zero-order valence-electron chi connectivity index (χ0n) is 29.0. The number of aliphatic carboxylic acids is 1. The molecule has 4 heterocycles. The topological polar surface area (TPSA) is 107 Å². The Morgan fingerprint density at radius 1 is 1.09 bits per heavy atom. The maximum atomic E-state index is 12.8. The zero-order valence-corrected chi connectivity index (χ0v) is 30.0. The summed E-state index contributed by atoms with van der Waals surface area (Å²) in [6, 6.07) is 6.77. The van der Waals surface area contributed by atoms with Gasteiger partial charge in [-0.05, 0) is 76.0 Å². The van der Waals surface area contributed by atoms with Gasteiger partial charge in [-0.2, -0.15) is 0 Å². The first-order valence-corrected chi connectivity index (χ1v) is 19.8. The fraction of sp³-hybridized carbons (Fsp3) is 0.600. The van der Waals surface area contributed by atoms with E-state index in [1.807, 2.05) is 27.7 Å². The summed E-state index contributed by atoms with van der Waals surface area (Å²) < 4.78 is 6.26. The van der Waals surface area contributed by atoms with Crippen LogP contribution in [0.15, 0.2) is 18.2 Å². The first-order valence-electron chi connectivity index (χ1n) is 16.3. The van der Waals surface area contributed by atoms with E-state index in [0.717, 1.165) is 85.5 Å². The van der Waals surface area contributed by atoms with Crippen molar-refractivity contribution >= 4 is 25.0 Å². The van der Waals surface area contributed by atoms with Gasteiger partial charge in [0.1, 0.15) is 8.07 Å². The number of anilines is 1. The van der Waals surface area contributed by atoms with Crippen molar-refractivity contribution in [2.24, 2.45) is 5.41 Å². The molecule has 0 amide bonds. The van der Waals surface area contributed by atoms with E-state index in [1.54, 1.807) is 0 Å². The summed E-state index contributed by atoms with van der Waals surface area (Å²) in [5, 5.41) is 23.4. The number of fused-ring (bicyclic) bond motifs is 1. The number of carboxylic acids is 1. The highest BCUT2D eigenvalue weighted by molar-refractivity contribution is 6.88. The molecular weight excluding hydrogens is 581 g/mol. The molecule has 1 aromatic carbocycles. The zero-order chi connectivity index (χ0) is 32.9. The maximum Gasteiger partial charge on any atom is 0.337 e. The minimum Gasteiger partial charge on any atom is -0.479 e. The number of rotatable bonds is 8. The third-order valence-electron chi connectivity index (χ3n) is 9.27. The van der Waals surface area contributed by atoms with E-state index in [-0.39, 0.29) is 5.41 Å². The maximum absolute atomic E-state index is 12.8. The number of aromatic amines is 1. The molecule has 0 bridgehead atoms. The number of aryl methyl sites for hydroxylation is 2. The van der Waals surface area contributed by atoms with Gasteiger partial charge in [0.15, 0.2) is 6.10 Å². The lowest BCUT2D eigenvalue weighted by Gasteiger charge is -2.41. The summed E-state index contributed by atoms with van der Waals surface area (Å²) in [5.74, 6) is -0.987. The molecule has 1 atom stereocenters. The van der Waals surface area contributed by atoms with Crippen LogP contribution in [0.1, 0.15) is 87.3 Å². The highest BCUT2D eigenvalue weighted by Gasteiger charge is 2.37. The summed E-state index contributed by atoms with van der Waals surface area (Å²) in [6.45, 7) is 25.6. The van der Waals surface area contributed by atoms with Gasteiger partial charge in [-0.3, -0.25) is 15.0 Å². The number of ether oxygens (including phenoxy) is 1. The average Bonchev–Trinajstić information content (AvgIpc) is 3.40. The Balaban J connectivity index is 1.55. The molecule has 1 unspecified atom stereocenters. The van der Waals surface area contributed by atoms with Crippen molar-refractivity contribution in [2.45, 2.75) is 112 Å². The molecule has 0 radical (unpaired) electrons. The Labute approximate surface area is 269 Å². The first-order chi connectivity index (χ1) is 20.9. The molecule has 2 aliphatic heterocycles. The van der Waals surface area contributed by atoms with Crippen LogP contribution in [0.3, 0.4) is 0 Å². The highest BCUT2D eigenvalue weighted by Crippen LogP contribution is 2.45. The van der Waals surface area contributed by atoms with E-state index >= 15 is 0 Å². The van der Waals surface area contributed by atoms with Crippen LogP contribution in [0.5, 0.6) is 0 Å². The number of hydrogen-bond acceptors (Lipinski definition) is 7. The molecule has 9 nitrogen and oxygen atoms in total. The molecule has 2 N–H and O–H groups in total. The molecule has 0 aliphatic carbocycles. The molecule has 0 saturated carbocycles. The lowest BCUT2D eigenvalue weighted by atomic mass is 9.81. The van der Waals surface area contributed by atoms with Crippen molar-refractivity contribution in [1.29, 1.82) is 0 Å². The van der Waals surface area contributed by atoms with E-state index in [2.05, 4.69) is 83.8 Å². The number of piperidine rings is 1. The van der Waals surface area contributed by atoms with Gasteiger partial charge in [0.2, 0.25) is 0 Å². The van der Waals surface area contributed by atoms with Crippen LogP contribution in [0.4, 0.5) is 5.69 Å². The number of hydrogen-bond donors (Lipinski definition) is 2. The summed E-state index contributed by atoms with van der Waals surface area (Å²) in [4.78, 5) is 22.7. The number of nitrogens with zero attached hydrogens (tertiary/aromatic N) is 5. The standard InChI is InChI=1S/C35H52N6O3Si/c1-22-28(25-11-12-26-20-40(16-13-24(26)19-25)21-27-32(38-39-37-27)45(8,9)10)30(41-17-14-35(6,7)15-18-41)29(23(2)36-22)31(33(42)43)44-34(3,4)5/h11-12,19,31H,13-18,20-21H2,1-10H3,(H,42,43)(H,37,38,39). The minimum absolute atomic E-state index is 0.252. The quantitative estimate of drug-likeness (QED) is 0.285. The second kappa shape index (κ2) is 12.3. The third-order valence-corrected chi connectivity index (χ3v) is 11.1. The SMILES string of the molecule is Cc1nc(C)c(C(OC(C)(C)C)C(=O)O)c(N2CCC(C)(C)CC2)c1-c1ccc2c(c1)CCN(Cc1[nH]nnc1[Si](C)(C)C)C2. The van der Waals surface area contributed by atoms with Gasteiger partial charge in [-0.15, -0.1) is 5.10 Å². The Bertz CT molecular complexity index is 1560. The van der Waals surface area contributed by atoms with E-state index in [1.165, 1.54) is 11.1 Å². The molecule has 5 rings (SSSR count). The Kier molecular flexibility index (Phi) is 9.07. The van der Waals surface area contributed by atoms with Gasteiger partial charge < -0.3 is 14.7 Å². The van der Waals surface area contributed by atoms with Crippen LogP contribution in [-0.2, 0) is 29.0 Å². The van der Waals surface area contributed by atoms with Crippen molar-refractivity contribution in [3.8, 4) is 11.1 Å². The summed E-state index contributed by atoms with van der Waals surface area (Å²) in [5.41, 5.74) is 8.80. The number of pyridine rings is 1. The number of nitrogens with one attached hydrogen (secondary N) is 1. The van der Waals surface area contributed by atoms with Gasteiger partial charge in [-0.25, -0.2) is 4.79 Å². The number of carbonyl (C=O) groups is 1. The highest BCUT2D eigenvalue weighted by atomic mass is 28.3. The molecule has 1 saturated heterocycles. The van der Waals surface area contributed by atoms with E-state index in [0.29, 0.717) is 11.3 Å². The lowest BCUT2D eigenvalue weighted by molar-refractivity contribution is -0.160. The van der Waals surface area contributed by atoms with Crippen LogP contribution in [0.2, 0.25) is 19.6 Å². The number of carboxylic acid groups (broad SMARTS) is 1. The third kappa shape index (κ3) is 7.33. The minimum atomic E-state index is -1.58. The van der Waals surface area contributed by atoms with Gasteiger partial charge >= 0.3 is 5.97 Å². The molecule has 1 fully saturated rings. The second-order valence-corrected chi connectivity index (χ2v) is 20.8. The predicted molar refractivity (Wildman–Crippen MR) is 183 cm³/mol. The fourth-order valence-corrected chi connectivity index (χ4v) is 8.23. The van der Waals surface area contributed by atoms with E-state index in [4.69, 9.17) is 9.72 Å². The van der Waals surface area contributed by atoms with Gasteiger partial charge in [0.25, 0.3) is 0 Å². The summed E-state index contributed by atoms with van der Waals surface area (Å²) >= 11 is 0. The first kappa shape index (κ1) is 33.3. The van der Waals surface area contributed by atoms with Gasteiger partial charge in [0.05, 0.1) is 22.3 Å². The number of aromatic nitrogens is 4. The average molecular weight is 633 g/mol. The smallest absolute Gasteiger partial charge is 0.337 e. The molecule has 0 spiro atoms. The van der Waals surface area contributed by atoms with Crippen molar-refractivity contribution in [1.82, 2.24) is 25.3 Å². The number of benzene rings is 1. The lowest BCUT2D eigenvalue weighted by Crippen LogP contribution is -2.43. The summed E-state index contributed by atoms with van der Waals surface area (Å²) in [6.07, 6.45) is 1.90. The Hall–Kier alpha value is -3.08. The molecule has 45 heavy (non-hydrogen) atoms. The van der Waals surface area contributed by atoms with E-state index in [9.17, 15) is 9.90 Å². The van der Waals surface area contributed by atoms with Crippen LogP contribution in [0.25, 0.3) is 11.1 Å². The Morgan fingerprint density at radius 3 is 2.40 bits per heavy atom. The normalized spacial score (nSPS) is 18.1. The molecule has 10 heteroatoms. The van der Waals surface area contributed by atoms with Crippen LogP contribution >= 0.6 is 0 Å². The molecule has 3 aromatic rings. The molecule has 2 aliphatic rings. The predicted octanol–water partition coefficient (Wildman–Crippen LogP) is 6.15. The van der Waals surface area contributed by atoms with Gasteiger partial charge in [-0.1, -0.05) is 56.9 Å². The number of H-pyrrole nitrogens is 1. The molecule has 244 valence electrons. The second-order valence-electron chi connectivity index (χ2n) is 15.9. The molecular formula is C35H52N6O3Si. The monoisotopic (exact) mass is 632 g/mol. The van der Waals surface area contributed by atoms with E-state index < -0.39 is 25.7 Å². The van der Waals surface area contributed by atoms with Crippen molar-refractivity contribution in [3.05, 3.63) is 52.0 Å². The van der Waals surface area contributed by atoms with Crippen molar-refractivity contribution in [2.75, 3.05) is 24.5 Å². The largest absolute Gasteiger partial charge is 0.479 e.